The van der Waals surface area contributed by atoms with Gasteiger partial charge in [0.05, 0.1) is 10.2 Å². The first-order valence-corrected chi connectivity index (χ1v) is 11.2. The molecule has 1 saturated heterocycles. The summed E-state index contributed by atoms with van der Waals surface area (Å²) in [6, 6.07) is 16.9. The van der Waals surface area contributed by atoms with Gasteiger partial charge in [0.2, 0.25) is 0 Å². The van der Waals surface area contributed by atoms with Crippen LogP contribution in [0.5, 0.6) is 5.75 Å². The molecule has 3 aromatic rings. The lowest BCUT2D eigenvalue weighted by molar-refractivity contribution is -0.122. The van der Waals surface area contributed by atoms with Crippen molar-refractivity contribution in [3.63, 3.8) is 0 Å². The van der Waals surface area contributed by atoms with Crippen molar-refractivity contribution in [1.29, 1.82) is 0 Å². The number of benzene rings is 3. The number of imide groups is 2. The zero-order valence-electron chi connectivity index (χ0n) is 16.8. The fourth-order valence-electron chi connectivity index (χ4n) is 3.14. The van der Waals surface area contributed by atoms with E-state index in [4.69, 9.17) is 4.74 Å². The van der Waals surface area contributed by atoms with Crippen LogP contribution in [0.1, 0.15) is 11.1 Å². The molecule has 3 aromatic carbocycles. The molecule has 4 rings (SSSR count). The first-order valence-electron chi connectivity index (χ1n) is 9.65. The number of anilines is 1. The minimum Gasteiger partial charge on any atom is -0.488 e. The summed E-state index contributed by atoms with van der Waals surface area (Å²) in [5.74, 6) is -1.29. The summed E-state index contributed by atoms with van der Waals surface area (Å²) in [6.07, 6.45) is 1.41. The van der Waals surface area contributed by atoms with Gasteiger partial charge in [0.25, 0.3) is 11.8 Å². The molecule has 0 bridgehead atoms. The predicted molar refractivity (Wildman–Crippen MR) is 128 cm³/mol. The molecule has 0 radical (unpaired) electrons. The van der Waals surface area contributed by atoms with Gasteiger partial charge in [-0.2, -0.15) is 0 Å². The second-order valence-electron chi connectivity index (χ2n) is 7.04. The number of carbonyl (C=O) groups excluding carboxylic acids is 3. The van der Waals surface area contributed by atoms with E-state index in [0.29, 0.717) is 25.9 Å². The SMILES string of the molecule is O=C1NC(=O)N(c2cccc(Br)c2)C(=O)/C1=C/c1ccc(OCc2ccc(F)cc2)c(Br)c1. The van der Waals surface area contributed by atoms with E-state index in [2.05, 4.69) is 37.2 Å². The minimum atomic E-state index is -0.814. The highest BCUT2D eigenvalue weighted by Crippen LogP contribution is 2.29. The van der Waals surface area contributed by atoms with Crippen LogP contribution in [0.4, 0.5) is 14.9 Å². The highest BCUT2D eigenvalue weighted by molar-refractivity contribution is 9.10. The number of nitrogens with zero attached hydrogens (tertiary/aromatic N) is 1. The molecule has 1 fully saturated rings. The third-order valence-electron chi connectivity index (χ3n) is 4.74. The molecule has 0 aromatic heterocycles. The highest BCUT2D eigenvalue weighted by atomic mass is 79.9. The number of rotatable bonds is 5. The van der Waals surface area contributed by atoms with Gasteiger partial charge in [-0.05, 0) is 75.6 Å². The molecule has 1 aliphatic rings. The van der Waals surface area contributed by atoms with E-state index in [-0.39, 0.29) is 18.0 Å². The molecule has 0 atom stereocenters. The Bertz CT molecular complexity index is 1290. The molecule has 6 nitrogen and oxygen atoms in total. The van der Waals surface area contributed by atoms with E-state index in [1.165, 1.54) is 18.2 Å². The van der Waals surface area contributed by atoms with E-state index in [9.17, 15) is 18.8 Å². The Morgan fingerprint density at radius 1 is 0.970 bits per heavy atom. The number of hydrogen-bond donors (Lipinski definition) is 1. The molecule has 0 saturated carbocycles. The lowest BCUT2D eigenvalue weighted by atomic mass is 10.1. The van der Waals surface area contributed by atoms with Crippen molar-refractivity contribution in [3.8, 4) is 5.75 Å². The van der Waals surface area contributed by atoms with E-state index in [1.807, 2.05) is 0 Å². The van der Waals surface area contributed by atoms with Crippen LogP contribution in [-0.4, -0.2) is 17.8 Å². The van der Waals surface area contributed by atoms with Crippen molar-refractivity contribution in [2.75, 3.05) is 4.90 Å². The lowest BCUT2D eigenvalue weighted by Gasteiger charge is -2.26. The number of barbiturate groups is 1. The molecule has 1 aliphatic heterocycles. The van der Waals surface area contributed by atoms with Crippen LogP contribution in [0.25, 0.3) is 6.08 Å². The minimum absolute atomic E-state index is 0.179. The Morgan fingerprint density at radius 3 is 2.42 bits per heavy atom. The molecule has 1 N–H and O–H groups in total. The Kier molecular flexibility index (Phi) is 6.71. The zero-order chi connectivity index (χ0) is 23.5. The standard InChI is InChI=1S/C24H15Br2FN2O4/c25-16-2-1-3-18(12-16)29-23(31)19(22(30)28-24(29)32)10-15-6-9-21(20(26)11-15)33-13-14-4-7-17(27)8-5-14/h1-12H,13H2,(H,28,30,32)/b19-10+. The topological polar surface area (TPSA) is 75.7 Å². The molecule has 4 amide bonds. The van der Waals surface area contributed by atoms with Crippen LogP contribution in [0.3, 0.4) is 0 Å². The number of halogens is 3. The van der Waals surface area contributed by atoms with Crippen molar-refractivity contribution < 1.29 is 23.5 Å². The van der Waals surface area contributed by atoms with Gasteiger partial charge < -0.3 is 4.74 Å². The number of nitrogens with one attached hydrogen (secondary N) is 1. The van der Waals surface area contributed by atoms with Crippen LogP contribution >= 0.6 is 31.9 Å². The van der Waals surface area contributed by atoms with Crippen LogP contribution in [0.15, 0.2) is 81.2 Å². The molecule has 33 heavy (non-hydrogen) atoms. The largest absolute Gasteiger partial charge is 0.488 e. The maximum Gasteiger partial charge on any atom is 0.335 e. The average Bonchev–Trinajstić information content (AvgIpc) is 2.77. The monoisotopic (exact) mass is 572 g/mol. The van der Waals surface area contributed by atoms with Gasteiger partial charge >= 0.3 is 6.03 Å². The summed E-state index contributed by atoms with van der Waals surface area (Å²) in [5, 5.41) is 2.20. The van der Waals surface area contributed by atoms with Crippen LogP contribution in [0, 0.1) is 5.82 Å². The van der Waals surface area contributed by atoms with E-state index >= 15 is 0 Å². The fraction of sp³-hybridized carbons (Fsp3) is 0.0417. The number of amides is 4. The van der Waals surface area contributed by atoms with Gasteiger partial charge in [-0.15, -0.1) is 0 Å². The maximum atomic E-state index is 13.0. The number of ether oxygens (including phenoxy) is 1. The second kappa shape index (κ2) is 9.68. The maximum absolute atomic E-state index is 13.0. The first-order chi connectivity index (χ1) is 15.8. The average molecular weight is 574 g/mol. The Hall–Kier alpha value is -3.30. The number of urea groups is 1. The van der Waals surface area contributed by atoms with Gasteiger partial charge in [0.1, 0.15) is 23.7 Å². The normalized spacial score (nSPS) is 15.1. The van der Waals surface area contributed by atoms with Crippen molar-refractivity contribution >= 4 is 61.5 Å². The molecule has 0 unspecified atom stereocenters. The van der Waals surface area contributed by atoms with E-state index in [1.54, 1.807) is 54.6 Å². The molecule has 1 heterocycles. The fourth-order valence-corrected chi connectivity index (χ4v) is 4.04. The third kappa shape index (κ3) is 5.20. The number of carbonyl (C=O) groups is 3. The molecular formula is C24H15Br2FN2O4. The molecule has 166 valence electrons. The first kappa shape index (κ1) is 22.9. The van der Waals surface area contributed by atoms with Crippen molar-refractivity contribution in [3.05, 3.63) is 98.2 Å². The summed E-state index contributed by atoms with van der Waals surface area (Å²) in [7, 11) is 0. The van der Waals surface area contributed by atoms with Crippen LogP contribution < -0.4 is 15.0 Å². The second-order valence-corrected chi connectivity index (χ2v) is 8.81. The van der Waals surface area contributed by atoms with Crippen molar-refractivity contribution in [2.45, 2.75) is 6.61 Å². The van der Waals surface area contributed by atoms with Gasteiger partial charge in [-0.3, -0.25) is 14.9 Å². The van der Waals surface area contributed by atoms with Crippen molar-refractivity contribution in [1.82, 2.24) is 5.32 Å². The smallest absolute Gasteiger partial charge is 0.335 e. The third-order valence-corrected chi connectivity index (χ3v) is 5.86. The summed E-state index contributed by atoms with van der Waals surface area (Å²) < 4.78 is 20.1. The quantitative estimate of drug-likeness (QED) is 0.319. The van der Waals surface area contributed by atoms with E-state index < -0.39 is 17.8 Å². The zero-order valence-corrected chi connectivity index (χ0v) is 20.0. The Morgan fingerprint density at radius 2 is 1.73 bits per heavy atom. The summed E-state index contributed by atoms with van der Waals surface area (Å²) in [5.41, 5.74) is 1.51. The molecule has 9 heteroatoms. The summed E-state index contributed by atoms with van der Waals surface area (Å²) in [6.45, 7) is 0.240. The van der Waals surface area contributed by atoms with E-state index in [0.717, 1.165) is 10.5 Å². The molecule has 0 aliphatic carbocycles. The van der Waals surface area contributed by atoms with Gasteiger partial charge in [-0.1, -0.05) is 40.2 Å². The van der Waals surface area contributed by atoms with Crippen LogP contribution in [-0.2, 0) is 16.2 Å². The Balaban J connectivity index is 1.56. The lowest BCUT2D eigenvalue weighted by Crippen LogP contribution is -2.54. The highest BCUT2D eigenvalue weighted by Gasteiger charge is 2.36. The van der Waals surface area contributed by atoms with Gasteiger partial charge in [-0.25, -0.2) is 14.1 Å². The summed E-state index contributed by atoms with van der Waals surface area (Å²) in [4.78, 5) is 38.6. The summed E-state index contributed by atoms with van der Waals surface area (Å²) >= 11 is 6.73. The Labute approximate surface area is 205 Å². The molecule has 0 spiro atoms. The molecular weight excluding hydrogens is 559 g/mol. The van der Waals surface area contributed by atoms with Crippen LogP contribution in [0.2, 0.25) is 0 Å². The van der Waals surface area contributed by atoms with Crippen molar-refractivity contribution in [2.24, 2.45) is 0 Å². The van der Waals surface area contributed by atoms with Gasteiger partial charge in [0, 0.05) is 4.47 Å². The van der Waals surface area contributed by atoms with Gasteiger partial charge in [0.15, 0.2) is 0 Å². The number of hydrogen-bond acceptors (Lipinski definition) is 4. The predicted octanol–water partition coefficient (Wildman–Crippen LogP) is 5.60.